The predicted octanol–water partition coefficient (Wildman–Crippen LogP) is 0.484. The van der Waals surface area contributed by atoms with Crippen molar-refractivity contribution < 1.29 is 33.0 Å². The highest BCUT2D eigenvalue weighted by atomic mass is 19.1. The maximum Gasteiger partial charge on any atom is 0.328 e. The van der Waals surface area contributed by atoms with Gasteiger partial charge in [-0.05, 0) is 18.1 Å². The van der Waals surface area contributed by atoms with Gasteiger partial charge in [-0.1, -0.05) is 18.2 Å². The van der Waals surface area contributed by atoms with Crippen molar-refractivity contribution in [1.82, 2.24) is 10.6 Å². The quantitative estimate of drug-likeness (QED) is 0.601. The molecule has 2 atom stereocenters. The standard InChI is InChI=1S/C18H23FN2O6/c1-11(22)20-15(10-12-6-4-5-7-13(12)19)17(24)21-14(18(25)27-3)8-9-16(23)26-2/h4-7,14-15H,8-10H2,1-3H3,(H,20,22)(H,21,24)/t14-,15+/m1/s1. The molecular weight excluding hydrogens is 359 g/mol. The van der Waals surface area contributed by atoms with Gasteiger partial charge >= 0.3 is 11.9 Å². The summed E-state index contributed by atoms with van der Waals surface area (Å²) in [7, 11) is 2.35. The summed E-state index contributed by atoms with van der Waals surface area (Å²) < 4.78 is 23.0. The van der Waals surface area contributed by atoms with Gasteiger partial charge in [-0.25, -0.2) is 9.18 Å². The molecule has 0 saturated heterocycles. The summed E-state index contributed by atoms with van der Waals surface area (Å²) in [6, 6.07) is 3.63. The van der Waals surface area contributed by atoms with Gasteiger partial charge in [0.05, 0.1) is 14.2 Å². The van der Waals surface area contributed by atoms with E-state index >= 15 is 0 Å². The summed E-state index contributed by atoms with van der Waals surface area (Å²) in [5.41, 5.74) is 0.232. The highest BCUT2D eigenvalue weighted by molar-refractivity contribution is 5.90. The molecule has 9 heteroatoms. The van der Waals surface area contributed by atoms with Crippen molar-refractivity contribution >= 4 is 23.8 Å². The van der Waals surface area contributed by atoms with E-state index in [0.29, 0.717) is 0 Å². The number of hydrogen-bond acceptors (Lipinski definition) is 6. The van der Waals surface area contributed by atoms with E-state index in [9.17, 15) is 23.6 Å². The molecule has 8 nitrogen and oxygen atoms in total. The minimum absolute atomic E-state index is 0.0441. The van der Waals surface area contributed by atoms with Crippen LogP contribution in [-0.2, 0) is 35.1 Å². The summed E-state index contributed by atoms with van der Waals surface area (Å²) in [5.74, 6) is -3.01. The molecule has 0 fully saturated rings. The van der Waals surface area contributed by atoms with E-state index in [1.54, 1.807) is 6.07 Å². The Morgan fingerprint density at radius 2 is 1.70 bits per heavy atom. The van der Waals surface area contributed by atoms with Crippen LogP contribution in [-0.4, -0.2) is 50.1 Å². The van der Waals surface area contributed by atoms with Crippen LogP contribution >= 0.6 is 0 Å². The van der Waals surface area contributed by atoms with Crippen molar-refractivity contribution in [3.8, 4) is 0 Å². The molecule has 0 radical (unpaired) electrons. The normalized spacial score (nSPS) is 12.4. The predicted molar refractivity (Wildman–Crippen MR) is 92.9 cm³/mol. The first kappa shape index (κ1) is 22.1. The van der Waals surface area contributed by atoms with E-state index in [1.807, 2.05) is 0 Å². The molecule has 27 heavy (non-hydrogen) atoms. The first-order valence-corrected chi connectivity index (χ1v) is 8.24. The number of ether oxygens (including phenoxy) is 2. The van der Waals surface area contributed by atoms with Crippen LogP contribution in [0.3, 0.4) is 0 Å². The number of esters is 2. The van der Waals surface area contributed by atoms with Gasteiger partial charge in [0.25, 0.3) is 0 Å². The molecule has 0 bridgehead atoms. The fourth-order valence-corrected chi connectivity index (χ4v) is 2.37. The van der Waals surface area contributed by atoms with Crippen LogP contribution < -0.4 is 10.6 Å². The van der Waals surface area contributed by atoms with Crippen molar-refractivity contribution in [3.05, 3.63) is 35.6 Å². The molecule has 2 N–H and O–H groups in total. The first-order chi connectivity index (χ1) is 12.8. The molecule has 0 aliphatic heterocycles. The second kappa shape index (κ2) is 10.9. The number of amides is 2. The van der Waals surface area contributed by atoms with Gasteiger partial charge in [-0.3, -0.25) is 14.4 Å². The number of methoxy groups -OCH3 is 2. The molecule has 0 heterocycles. The topological polar surface area (TPSA) is 111 Å². The molecule has 2 amide bonds. The lowest BCUT2D eigenvalue weighted by Crippen LogP contribution is -2.52. The van der Waals surface area contributed by atoms with Crippen LogP contribution in [0.4, 0.5) is 4.39 Å². The number of hydrogen-bond donors (Lipinski definition) is 2. The van der Waals surface area contributed by atoms with Crippen LogP contribution in [0.2, 0.25) is 0 Å². The van der Waals surface area contributed by atoms with Crippen molar-refractivity contribution in [3.63, 3.8) is 0 Å². The lowest BCUT2D eigenvalue weighted by Gasteiger charge is -2.22. The SMILES string of the molecule is COC(=O)CC[C@@H](NC(=O)[C@H](Cc1ccccc1F)NC(C)=O)C(=O)OC. The molecule has 148 valence electrons. The molecule has 1 rings (SSSR count). The molecule has 0 aliphatic carbocycles. The number of halogens is 1. The zero-order valence-corrected chi connectivity index (χ0v) is 15.4. The minimum atomic E-state index is -1.11. The van der Waals surface area contributed by atoms with Crippen LogP contribution in [0, 0.1) is 5.82 Å². The molecule has 1 aromatic carbocycles. The third kappa shape index (κ3) is 7.43. The summed E-state index contributed by atoms with van der Waals surface area (Å²) in [5, 5.41) is 4.87. The van der Waals surface area contributed by atoms with Gasteiger partial charge in [0.1, 0.15) is 17.9 Å². The third-order valence-corrected chi connectivity index (χ3v) is 3.74. The number of benzene rings is 1. The Balaban J connectivity index is 2.90. The Labute approximate surface area is 156 Å². The van der Waals surface area contributed by atoms with Crippen LogP contribution in [0.1, 0.15) is 25.3 Å². The monoisotopic (exact) mass is 382 g/mol. The van der Waals surface area contributed by atoms with E-state index in [2.05, 4.69) is 20.1 Å². The first-order valence-electron chi connectivity index (χ1n) is 8.24. The zero-order valence-electron chi connectivity index (χ0n) is 15.4. The van der Waals surface area contributed by atoms with Crippen molar-refractivity contribution in [2.24, 2.45) is 0 Å². The Morgan fingerprint density at radius 1 is 1.04 bits per heavy atom. The molecule has 0 saturated carbocycles. The number of carbonyl (C=O) groups is 4. The fourth-order valence-electron chi connectivity index (χ4n) is 2.37. The van der Waals surface area contributed by atoms with E-state index in [4.69, 9.17) is 0 Å². The largest absolute Gasteiger partial charge is 0.469 e. The van der Waals surface area contributed by atoms with Crippen LogP contribution in [0.5, 0.6) is 0 Å². The Morgan fingerprint density at radius 3 is 2.26 bits per heavy atom. The summed E-state index contributed by atoms with van der Waals surface area (Å²) in [4.78, 5) is 47.1. The average Bonchev–Trinajstić information content (AvgIpc) is 2.64. The van der Waals surface area contributed by atoms with E-state index in [-0.39, 0.29) is 24.8 Å². The summed E-state index contributed by atoms with van der Waals surface area (Å²) >= 11 is 0. The lowest BCUT2D eigenvalue weighted by atomic mass is 10.0. The lowest BCUT2D eigenvalue weighted by molar-refractivity contribution is -0.146. The molecule has 0 spiro atoms. The summed E-state index contributed by atoms with van der Waals surface area (Å²) in [6.45, 7) is 1.22. The Kier molecular flexibility index (Phi) is 8.91. The van der Waals surface area contributed by atoms with Crippen molar-refractivity contribution in [1.29, 1.82) is 0 Å². The second-order valence-electron chi connectivity index (χ2n) is 5.75. The van der Waals surface area contributed by atoms with Crippen molar-refractivity contribution in [2.45, 2.75) is 38.3 Å². The Hall–Kier alpha value is -2.97. The second-order valence-corrected chi connectivity index (χ2v) is 5.75. The van der Waals surface area contributed by atoms with Gasteiger partial charge in [0, 0.05) is 19.8 Å². The van der Waals surface area contributed by atoms with Crippen molar-refractivity contribution in [2.75, 3.05) is 14.2 Å². The number of nitrogens with one attached hydrogen (secondary N) is 2. The average molecular weight is 382 g/mol. The van der Waals surface area contributed by atoms with Crippen LogP contribution in [0.25, 0.3) is 0 Å². The molecule has 0 aliphatic rings. The van der Waals surface area contributed by atoms with E-state index in [1.165, 1.54) is 32.2 Å². The van der Waals surface area contributed by atoms with Gasteiger partial charge < -0.3 is 20.1 Å². The fraction of sp³-hybridized carbons (Fsp3) is 0.444. The van der Waals surface area contributed by atoms with Crippen LogP contribution in [0.15, 0.2) is 24.3 Å². The highest BCUT2D eigenvalue weighted by Gasteiger charge is 2.28. The molecule has 1 aromatic rings. The maximum absolute atomic E-state index is 13.9. The maximum atomic E-state index is 13.9. The van der Waals surface area contributed by atoms with E-state index < -0.39 is 41.7 Å². The minimum Gasteiger partial charge on any atom is -0.469 e. The molecule has 0 aromatic heterocycles. The van der Waals surface area contributed by atoms with Gasteiger partial charge in [-0.15, -0.1) is 0 Å². The smallest absolute Gasteiger partial charge is 0.328 e. The van der Waals surface area contributed by atoms with E-state index in [0.717, 1.165) is 7.11 Å². The Bertz CT molecular complexity index is 694. The van der Waals surface area contributed by atoms with Gasteiger partial charge in [0.15, 0.2) is 0 Å². The molecule has 0 unspecified atom stereocenters. The van der Waals surface area contributed by atoms with Gasteiger partial charge in [-0.2, -0.15) is 0 Å². The number of rotatable bonds is 9. The third-order valence-electron chi connectivity index (χ3n) is 3.74. The summed E-state index contributed by atoms with van der Waals surface area (Å²) in [6.07, 6.45) is -0.269. The number of carbonyl (C=O) groups excluding carboxylic acids is 4. The van der Waals surface area contributed by atoms with Gasteiger partial charge in [0.2, 0.25) is 11.8 Å². The zero-order chi connectivity index (χ0) is 20.4. The highest BCUT2D eigenvalue weighted by Crippen LogP contribution is 2.10. The molecular formula is C18H23FN2O6.